The summed E-state index contributed by atoms with van der Waals surface area (Å²) in [6.07, 6.45) is 14.0. The molecule has 0 fully saturated rings. The van der Waals surface area contributed by atoms with Gasteiger partial charge in [-0.15, -0.1) is 0 Å². The fourth-order valence-corrected chi connectivity index (χ4v) is 4.87. The molecule has 1 aromatic carbocycles. The molecule has 4 heteroatoms. The minimum absolute atomic E-state index is 0.360. The van der Waals surface area contributed by atoms with Gasteiger partial charge in [-0.05, 0) is 24.0 Å². The van der Waals surface area contributed by atoms with Gasteiger partial charge in [0.05, 0.1) is 0 Å². The maximum atomic E-state index is 12.2. The first kappa shape index (κ1) is 19.2. The third-order valence-electron chi connectivity index (χ3n) is 5.12. The molecule has 0 heterocycles. The third kappa shape index (κ3) is 4.48. The van der Waals surface area contributed by atoms with E-state index in [-0.39, 0.29) is 0 Å². The Morgan fingerprint density at radius 3 is 2.29 bits per heavy atom. The first-order valence-electron chi connectivity index (χ1n) is 9.24. The van der Waals surface area contributed by atoms with Crippen LogP contribution in [0.3, 0.4) is 0 Å². The van der Waals surface area contributed by atoms with Crippen LogP contribution in [0.15, 0.2) is 30.3 Å². The molecule has 0 aliphatic heterocycles. The summed E-state index contributed by atoms with van der Waals surface area (Å²) in [6, 6.07) is 7.52. The Morgan fingerprint density at radius 2 is 1.62 bits per heavy atom. The van der Waals surface area contributed by atoms with Crippen molar-refractivity contribution < 1.29 is 13.0 Å². The van der Waals surface area contributed by atoms with Crippen LogP contribution in [0.4, 0.5) is 0 Å². The summed E-state index contributed by atoms with van der Waals surface area (Å²) in [5, 5.41) is 0. The number of fused-ring (bicyclic) bond motifs is 1. The quantitative estimate of drug-likeness (QED) is 0.434. The number of unbranched alkanes of at least 4 members (excludes halogenated alkanes) is 7. The second-order valence-corrected chi connectivity index (χ2v) is 8.62. The van der Waals surface area contributed by atoms with Crippen molar-refractivity contribution in [1.82, 2.24) is 0 Å². The lowest BCUT2D eigenvalue weighted by Gasteiger charge is -2.34. The van der Waals surface area contributed by atoms with Crippen LogP contribution in [0.25, 0.3) is 6.08 Å². The molecule has 1 aliphatic rings. The van der Waals surface area contributed by atoms with E-state index in [1.54, 1.807) is 0 Å². The maximum absolute atomic E-state index is 12.2. The van der Waals surface area contributed by atoms with Crippen LogP contribution in [0, 0.1) is 0 Å². The Labute approximate surface area is 146 Å². The van der Waals surface area contributed by atoms with Gasteiger partial charge >= 0.3 is 0 Å². The van der Waals surface area contributed by atoms with E-state index in [9.17, 15) is 13.0 Å². The van der Waals surface area contributed by atoms with Crippen molar-refractivity contribution in [2.24, 2.45) is 0 Å². The van der Waals surface area contributed by atoms with E-state index >= 15 is 0 Å². The predicted molar refractivity (Wildman–Crippen MR) is 101 cm³/mol. The molecule has 0 radical (unpaired) electrons. The summed E-state index contributed by atoms with van der Waals surface area (Å²) in [5.41, 5.74) is 1.65. The van der Waals surface area contributed by atoms with Gasteiger partial charge < -0.3 is 0 Å². The predicted octanol–water partition coefficient (Wildman–Crippen LogP) is 5.72. The average Bonchev–Trinajstić information content (AvgIpc) is 2.56. The zero-order chi connectivity index (χ0) is 17.5. The van der Waals surface area contributed by atoms with Crippen molar-refractivity contribution in [3.63, 3.8) is 0 Å². The van der Waals surface area contributed by atoms with Gasteiger partial charge in [0, 0.05) is 0 Å². The van der Waals surface area contributed by atoms with Crippen molar-refractivity contribution in [1.29, 1.82) is 0 Å². The molecule has 0 saturated carbocycles. The summed E-state index contributed by atoms with van der Waals surface area (Å²) in [5.74, 6) is 0. The summed E-state index contributed by atoms with van der Waals surface area (Å²) >= 11 is 0. The van der Waals surface area contributed by atoms with Crippen LogP contribution >= 0.6 is 0 Å². The molecule has 1 N–H and O–H groups in total. The van der Waals surface area contributed by atoms with Crippen LogP contribution in [0.1, 0.15) is 82.3 Å². The lowest BCUT2D eigenvalue weighted by molar-refractivity contribution is 0.398. The molecule has 134 valence electrons. The minimum Gasteiger partial charge on any atom is -0.285 e. The number of rotatable bonds is 10. The van der Waals surface area contributed by atoms with E-state index in [4.69, 9.17) is 0 Å². The summed E-state index contributed by atoms with van der Waals surface area (Å²) in [4.78, 5) is 0. The lowest BCUT2D eigenvalue weighted by Crippen LogP contribution is -2.37. The molecule has 3 nitrogen and oxygen atoms in total. The number of hydrogen-bond donors (Lipinski definition) is 1. The highest BCUT2D eigenvalue weighted by atomic mass is 32.2. The van der Waals surface area contributed by atoms with Crippen LogP contribution < -0.4 is 0 Å². The van der Waals surface area contributed by atoms with Crippen LogP contribution in [0.5, 0.6) is 0 Å². The van der Waals surface area contributed by atoms with Crippen molar-refractivity contribution in [2.75, 3.05) is 0 Å². The van der Waals surface area contributed by atoms with Gasteiger partial charge in [0.25, 0.3) is 10.1 Å². The Balaban J connectivity index is 1.98. The zero-order valence-corrected chi connectivity index (χ0v) is 15.5. The first-order chi connectivity index (χ1) is 11.5. The highest BCUT2D eigenvalue weighted by molar-refractivity contribution is 7.86. The fourth-order valence-electron chi connectivity index (χ4n) is 3.70. The SMILES string of the molecule is CCCCCCCCCCC1(S(=O)(=O)O)CC=Cc2ccccc21. The molecular weight excluding hydrogens is 320 g/mol. The van der Waals surface area contributed by atoms with Crippen molar-refractivity contribution in [3.8, 4) is 0 Å². The molecule has 0 bridgehead atoms. The van der Waals surface area contributed by atoms with Gasteiger partial charge in [0.15, 0.2) is 0 Å². The standard InChI is InChI=1S/C20H30O3S/c1-2-3-4-5-6-7-8-11-16-20(24(21,22)23)17-12-14-18-13-9-10-15-19(18)20/h9-10,12-15H,2-8,11,16-17H2,1H3,(H,21,22,23). The number of allylic oxidation sites excluding steroid dienone is 1. The molecule has 0 saturated heterocycles. The van der Waals surface area contributed by atoms with Crippen molar-refractivity contribution >= 4 is 16.2 Å². The average molecular weight is 351 g/mol. The van der Waals surface area contributed by atoms with E-state index in [0.717, 1.165) is 30.4 Å². The highest BCUT2D eigenvalue weighted by Crippen LogP contribution is 2.43. The Kier molecular flexibility index (Phi) is 7.05. The van der Waals surface area contributed by atoms with E-state index in [2.05, 4.69) is 6.92 Å². The van der Waals surface area contributed by atoms with Gasteiger partial charge in [-0.2, -0.15) is 8.42 Å². The molecule has 1 unspecified atom stereocenters. The zero-order valence-electron chi connectivity index (χ0n) is 14.7. The summed E-state index contributed by atoms with van der Waals surface area (Å²) in [6.45, 7) is 2.21. The van der Waals surface area contributed by atoms with Crippen LogP contribution in [-0.4, -0.2) is 13.0 Å². The first-order valence-corrected chi connectivity index (χ1v) is 10.7. The van der Waals surface area contributed by atoms with E-state index < -0.39 is 14.9 Å². The van der Waals surface area contributed by atoms with Crippen molar-refractivity contribution in [3.05, 3.63) is 41.5 Å². The monoisotopic (exact) mass is 350 g/mol. The molecule has 2 rings (SSSR count). The second kappa shape index (κ2) is 8.82. The van der Waals surface area contributed by atoms with Gasteiger partial charge in [-0.25, -0.2) is 0 Å². The molecule has 0 aromatic heterocycles. The highest BCUT2D eigenvalue weighted by Gasteiger charge is 2.45. The normalized spacial score (nSPS) is 20.1. The van der Waals surface area contributed by atoms with Gasteiger partial charge in [0.2, 0.25) is 0 Å². The number of benzene rings is 1. The molecule has 1 aromatic rings. The van der Waals surface area contributed by atoms with Crippen LogP contribution in [0.2, 0.25) is 0 Å². The smallest absolute Gasteiger partial charge is 0.275 e. The molecular formula is C20H30O3S. The van der Waals surface area contributed by atoms with Crippen LogP contribution in [-0.2, 0) is 14.9 Å². The second-order valence-electron chi connectivity index (χ2n) is 6.89. The Hall–Kier alpha value is -1.13. The van der Waals surface area contributed by atoms with E-state index in [0.29, 0.717) is 12.8 Å². The lowest BCUT2D eigenvalue weighted by atomic mass is 9.82. The molecule has 0 spiro atoms. The van der Waals surface area contributed by atoms with E-state index in [1.165, 1.54) is 32.1 Å². The molecule has 0 amide bonds. The number of hydrogen-bond acceptors (Lipinski definition) is 2. The van der Waals surface area contributed by atoms with E-state index in [1.807, 2.05) is 36.4 Å². The largest absolute Gasteiger partial charge is 0.285 e. The van der Waals surface area contributed by atoms with Gasteiger partial charge in [-0.3, -0.25) is 4.55 Å². The topological polar surface area (TPSA) is 54.4 Å². The fraction of sp³-hybridized carbons (Fsp3) is 0.600. The summed E-state index contributed by atoms with van der Waals surface area (Å²) < 4.78 is 33.3. The molecule has 24 heavy (non-hydrogen) atoms. The maximum Gasteiger partial charge on any atom is 0.275 e. The minimum atomic E-state index is -4.16. The van der Waals surface area contributed by atoms with Gasteiger partial charge in [0.1, 0.15) is 4.75 Å². The third-order valence-corrected chi connectivity index (χ3v) is 6.70. The molecule has 1 atom stereocenters. The molecule has 1 aliphatic carbocycles. The van der Waals surface area contributed by atoms with Gasteiger partial charge in [-0.1, -0.05) is 94.7 Å². The van der Waals surface area contributed by atoms with Crippen molar-refractivity contribution in [2.45, 2.75) is 75.9 Å². The Morgan fingerprint density at radius 1 is 1.00 bits per heavy atom. The Bertz CT molecular complexity index is 649. The summed E-state index contributed by atoms with van der Waals surface area (Å²) in [7, 11) is -4.16.